The maximum atomic E-state index is 10.4. The van der Waals surface area contributed by atoms with Gasteiger partial charge in [-0.1, -0.05) is 42.5 Å². The highest BCUT2D eigenvalue weighted by Crippen LogP contribution is 2.33. The monoisotopic (exact) mass is 399 g/mol. The van der Waals surface area contributed by atoms with Gasteiger partial charge < -0.3 is 25.2 Å². The van der Waals surface area contributed by atoms with Crippen LogP contribution in [0.1, 0.15) is 29.7 Å². The van der Waals surface area contributed by atoms with Crippen molar-refractivity contribution in [3.05, 3.63) is 59.2 Å². The highest BCUT2D eigenvalue weighted by Gasteiger charge is 2.44. The predicted octanol–water partition coefficient (Wildman–Crippen LogP) is 0.557. The molecule has 1 saturated heterocycles. The molecule has 0 saturated carbocycles. The minimum Gasteiger partial charge on any atom is -0.394 e. The van der Waals surface area contributed by atoms with Crippen LogP contribution in [0.15, 0.2) is 42.5 Å². The highest BCUT2D eigenvalue weighted by molar-refractivity contribution is 5.75. The highest BCUT2D eigenvalue weighted by atomic mass is 16.5. The molecule has 8 nitrogen and oxygen atoms in total. The van der Waals surface area contributed by atoms with Crippen molar-refractivity contribution in [2.75, 3.05) is 6.61 Å². The molecule has 4 N–H and O–H groups in total. The molecule has 8 heteroatoms. The molecule has 4 rings (SSSR count). The van der Waals surface area contributed by atoms with E-state index in [0.29, 0.717) is 17.6 Å². The van der Waals surface area contributed by atoms with Crippen LogP contribution in [-0.2, 0) is 17.7 Å². The van der Waals surface area contributed by atoms with E-state index in [1.807, 2.05) is 6.07 Å². The molecule has 0 unspecified atom stereocenters. The van der Waals surface area contributed by atoms with Crippen molar-refractivity contribution >= 4 is 11.0 Å². The number of ether oxygens (including phenoxy) is 1. The van der Waals surface area contributed by atoms with Gasteiger partial charge in [0, 0.05) is 0 Å². The molecule has 0 amide bonds. The van der Waals surface area contributed by atoms with Crippen LogP contribution in [0.4, 0.5) is 0 Å². The summed E-state index contributed by atoms with van der Waals surface area (Å²) in [6.07, 6.45) is -4.97. The number of hydrogen-bond acceptors (Lipinski definition) is 7. The number of aliphatic hydroxyl groups is 4. The quantitative estimate of drug-likeness (QED) is 0.495. The van der Waals surface area contributed by atoms with Crippen LogP contribution in [-0.4, -0.2) is 66.4 Å². The topological polar surface area (TPSA) is 121 Å². The number of nitrogens with zero attached hydrogens (tertiary/aromatic N) is 3. The van der Waals surface area contributed by atoms with Gasteiger partial charge in [-0.2, -0.15) is 0 Å². The Kier molecular flexibility index (Phi) is 5.62. The third-order valence-electron chi connectivity index (χ3n) is 5.52. The first-order valence-electron chi connectivity index (χ1n) is 9.73. The number of fused-ring (bicyclic) bond motifs is 1. The number of aromatic nitrogens is 3. The van der Waals surface area contributed by atoms with Crippen LogP contribution < -0.4 is 0 Å². The molecule has 0 bridgehead atoms. The minimum absolute atomic E-state index is 0.461. The number of aliphatic hydroxyl groups excluding tert-OH is 4. The minimum atomic E-state index is -1.42. The molecule has 29 heavy (non-hydrogen) atoms. The third kappa shape index (κ3) is 3.77. The Balaban J connectivity index is 1.64. The van der Waals surface area contributed by atoms with Crippen molar-refractivity contribution in [1.29, 1.82) is 0 Å². The van der Waals surface area contributed by atoms with E-state index in [0.717, 1.165) is 17.5 Å². The third-order valence-corrected chi connectivity index (χ3v) is 5.52. The van der Waals surface area contributed by atoms with Crippen LogP contribution in [0.2, 0.25) is 0 Å². The Hall–Kier alpha value is -2.36. The number of hydrogen-bond donors (Lipinski definition) is 4. The average molecular weight is 399 g/mol. The fourth-order valence-corrected chi connectivity index (χ4v) is 3.71. The smallest absolute Gasteiger partial charge is 0.113 e. The van der Waals surface area contributed by atoms with Crippen molar-refractivity contribution in [3.63, 3.8) is 0 Å². The first kappa shape index (κ1) is 19.9. The van der Waals surface area contributed by atoms with E-state index in [9.17, 15) is 20.4 Å². The van der Waals surface area contributed by atoms with Gasteiger partial charge in [-0.25, -0.2) is 4.68 Å². The van der Waals surface area contributed by atoms with E-state index in [2.05, 4.69) is 41.5 Å². The standard InChI is InChI=1S/C21H25N3O5/c1-2-12-3-5-13(6-4-12)10-24-16-9-14(7-8-15(16)22-23-24)21-20(28)19(27)18(26)17(11-25)29-21/h3-9,17-21,25-28H,2,10-11H2,1H3/t17-,18-,19+,20-,21+/m1/s1. The summed E-state index contributed by atoms with van der Waals surface area (Å²) >= 11 is 0. The summed E-state index contributed by atoms with van der Waals surface area (Å²) in [5, 5.41) is 48.3. The van der Waals surface area contributed by atoms with E-state index >= 15 is 0 Å². The number of aryl methyl sites for hydroxylation is 1. The van der Waals surface area contributed by atoms with Gasteiger partial charge in [0.15, 0.2) is 0 Å². The zero-order valence-electron chi connectivity index (χ0n) is 16.1. The van der Waals surface area contributed by atoms with Crippen LogP contribution >= 0.6 is 0 Å². The zero-order chi connectivity index (χ0) is 20.5. The molecule has 2 aromatic carbocycles. The van der Waals surface area contributed by atoms with Crippen LogP contribution in [0.5, 0.6) is 0 Å². The Labute approximate surface area is 168 Å². The molecule has 1 aliphatic rings. The second kappa shape index (κ2) is 8.17. The van der Waals surface area contributed by atoms with E-state index in [4.69, 9.17) is 4.74 Å². The van der Waals surface area contributed by atoms with Gasteiger partial charge in [-0.05, 0) is 35.2 Å². The van der Waals surface area contributed by atoms with Gasteiger partial charge >= 0.3 is 0 Å². The molecule has 3 aromatic rings. The second-order valence-electron chi connectivity index (χ2n) is 7.41. The summed E-state index contributed by atoms with van der Waals surface area (Å²) in [4.78, 5) is 0. The first-order valence-corrected chi connectivity index (χ1v) is 9.73. The summed E-state index contributed by atoms with van der Waals surface area (Å²) in [7, 11) is 0. The lowest BCUT2D eigenvalue weighted by molar-refractivity contribution is -0.231. The lowest BCUT2D eigenvalue weighted by Gasteiger charge is -2.40. The summed E-state index contributed by atoms with van der Waals surface area (Å²) < 4.78 is 7.43. The van der Waals surface area contributed by atoms with Crippen molar-refractivity contribution in [2.45, 2.75) is 50.4 Å². The molecular weight excluding hydrogens is 374 g/mol. The van der Waals surface area contributed by atoms with Crippen molar-refractivity contribution in [1.82, 2.24) is 15.0 Å². The number of rotatable bonds is 5. The maximum absolute atomic E-state index is 10.4. The second-order valence-corrected chi connectivity index (χ2v) is 7.41. The van der Waals surface area contributed by atoms with E-state index in [-0.39, 0.29) is 0 Å². The summed E-state index contributed by atoms with van der Waals surface area (Å²) in [5.41, 5.74) is 4.43. The molecule has 1 fully saturated rings. The lowest BCUT2D eigenvalue weighted by atomic mass is 9.91. The summed E-state index contributed by atoms with van der Waals surface area (Å²) in [5.74, 6) is 0. The molecule has 5 atom stereocenters. The van der Waals surface area contributed by atoms with E-state index < -0.39 is 37.1 Å². The molecule has 0 spiro atoms. The van der Waals surface area contributed by atoms with Crippen molar-refractivity contribution in [2.24, 2.45) is 0 Å². The predicted molar refractivity (Wildman–Crippen MR) is 105 cm³/mol. The van der Waals surface area contributed by atoms with E-state index in [1.165, 1.54) is 5.56 Å². The fourth-order valence-electron chi connectivity index (χ4n) is 3.71. The van der Waals surface area contributed by atoms with Gasteiger partial charge in [0.2, 0.25) is 0 Å². The Morgan fingerprint density at radius 1 is 0.966 bits per heavy atom. The van der Waals surface area contributed by atoms with Gasteiger partial charge in [0.05, 0.1) is 18.7 Å². The average Bonchev–Trinajstić information content (AvgIpc) is 3.15. The van der Waals surface area contributed by atoms with Gasteiger partial charge in [0.25, 0.3) is 0 Å². The van der Waals surface area contributed by atoms with Crippen LogP contribution in [0.25, 0.3) is 11.0 Å². The lowest BCUT2D eigenvalue weighted by Crippen LogP contribution is -2.55. The molecule has 2 heterocycles. The largest absolute Gasteiger partial charge is 0.394 e. The Morgan fingerprint density at radius 3 is 2.38 bits per heavy atom. The molecular formula is C21H25N3O5. The molecule has 0 radical (unpaired) electrons. The summed E-state index contributed by atoms with van der Waals surface area (Å²) in [6.45, 7) is 2.19. The normalized spacial score (nSPS) is 27.4. The maximum Gasteiger partial charge on any atom is 0.113 e. The molecule has 1 aliphatic heterocycles. The SMILES string of the molecule is CCc1ccc(Cn2nnc3ccc([C@@H]4O[C@H](CO)[C@@H](O)[C@H](O)[C@H]4O)cc32)cc1. The van der Waals surface area contributed by atoms with Crippen molar-refractivity contribution < 1.29 is 25.2 Å². The van der Waals surface area contributed by atoms with E-state index in [1.54, 1.807) is 16.8 Å². The molecule has 0 aliphatic carbocycles. The van der Waals surface area contributed by atoms with Crippen molar-refractivity contribution in [3.8, 4) is 0 Å². The first-order chi connectivity index (χ1) is 14.0. The molecule has 154 valence electrons. The fraction of sp³-hybridized carbons (Fsp3) is 0.429. The van der Waals surface area contributed by atoms with Gasteiger partial charge in [0.1, 0.15) is 36.0 Å². The Morgan fingerprint density at radius 2 is 1.69 bits per heavy atom. The van der Waals surface area contributed by atoms with Gasteiger partial charge in [-0.3, -0.25) is 0 Å². The van der Waals surface area contributed by atoms with Gasteiger partial charge in [-0.15, -0.1) is 5.10 Å². The summed E-state index contributed by atoms with van der Waals surface area (Å²) in [6, 6.07) is 13.6. The van der Waals surface area contributed by atoms with Crippen LogP contribution in [0, 0.1) is 0 Å². The molecule has 1 aromatic heterocycles. The number of benzene rings is 2. The zero-order valence-corrected chi connectivity index (χ0v) is 16.1. The van der Waals surface area contributed by atoms with Crippen LogP contribution in [0.3, 0.4) is 0 Å². The Bertz CT molecular complexity index is 972.